The summed E-state index contributed by atoms with van der Waals surface area (Å²) in [4.78, 5) is 9.75. The van der Waals surface area contributed by atoms with Crippen LogP contribution < -0.4 is 0 Å². The number of ether oxygens (including phenoxy) is 1. The van der Waals surface area contributed by atoms with E-state index in [2.05, 4.69) is 0 Å². The first-order valence-electron chi connectivity index (χ1n) is 5.78. The number of nitro benzene ring substituents is 1. The molecular formula is C11H15ClN2O5S. The number of rotatable bonds is 7. The summed E-state index contributed by atoms with van der Waals surface area (Å²) < 4.78 is 30.7. The SMILES string of the molecule is CCOCCN(C)S(=O)(=O)c1cc([N+](=O)[O-])ccc1Cl. The maximum atomic E-state index is 12.3. The highest BCUT2D eigenvalue weighted by atomic mass is 35.5. The van der Waals surface area contributed by atoms with Crippen LogP contribution in [0.1, 0.15) is 6.92 Å². The lowest BCUT2D eigenvalue weighted by molar-refractivity contribution is -0.385. The van der Waals surface area contributed by atoms with Gasteiger partial charge in [0.05, 0.1) is 16.6 Å². The number of halogens is 1. The second-order valence-electron chi connectivity index (χ2n) is 3.90. The van der Waals surface area contributed by atoms with E-state index in [9.17, 15) is 18.5 Å². The first-order valence-corrected chi connectivity index (χ1v) is 7.60. The van der Waals surface area contributed by atoms with Crippen molar-refractivity contribution in [1.29, 1.82) is 0 Å². The van der Waals surface area contributed by atoms with Crippen LogP contribution in [0.4, 0.5) is 5.69 Å². The molecule has 0 aliphatic rings. The Morgan fingerprint density at radius 3 is 2.65 bits per heavy atom. The first kappa shape index (κ1) is 16.8. The van der Waals surface area contributed by atoms with Gasteiger partial charge < -0.3 is 4.74 Å². The van der Waals surface area contributed by atoms with Crippen molar-refractivity contribution in [3.63, 3.8) is 0 Å². The number of benzene rings is 1. The molecule has 0 aromatic heterocycles. The predicted molar refractivity (Wildman–Crippen MR) is 74.4 cm³/mol. The molecule has 1 aromatic rings. The van der Waals surface area contributed by atoms with Gasteiger partial charge in [-0.25, -0.2) is 8.42 Å². The second kappa shape index (κ2) is 6.98. The molecule has 1 aromatic carbocycles. The van der Waals surface area contributed by atoms with E-state index in [-0.39, 0.29) is 28.8 Å². The smallest absolute Gasteiger partial charge is 0.270 e. The summed E-state index contributed by atoms with van der Waals surface area (Å²) in [7, 11) is -2.52. The first-order chi connectivity index (χ1) is 9.30. The Balaban J connectivity index is 3.08. The lowest BCUT2D eigenvalue weighted by atomic mass is 10.3. The Morgan fingerprint density at radius 2 is 2.10 bits per heavy atom. The van der Waals surface area contributed by atoms with E-state index in [0.29, 0.717) is 6.61 Å². The molecule has 0 atom stereocenters. The van der Waals surface area contributed by atoms with Gasteiger partial charge in [0, 0.05) is 32.3 Å². The molecule has 20 heavy (non-hydrogen) atoms. The van der Waals surface area contributed by atoms with Crippen LogP contribution in [-0.4, -0.2) is 44.5 Å². The fourth-order valence-corrected chi connectivity index (χ4v) is 3.07. The zero-order chi connectivity index (χ0) is 15.3. The Kier molecular flexibility index (Phi) is 5.88. The van der Waals surface area contributed by atoms with Gasteiger partial charge >= 0.3 is 0 Å². The van der Waals surface area contributed by atoms with Crippen molar-refractivity contribution in [2.45, 2.75) is 11.8 Å². The third kappa shape index (κ3) is 3.89. The monoisotopic (exact) mass is 322 g/mol. The fourth-order valence-electron chi connectivity index (χ4n) is 1.43. The van der Waals surface area contributed by atoms with Crippen molar-refractivity contribution in [3.05, 3.63) is 33.3 Å². The van der Waals surface area contributed by atoms with Crippen LogP contribution in [-0.2, 0) is 14.8 Å². The molecular weight excluding hydrogens is 308 g/mol. The molecule has 1 rings (SSSR count). The maximum Gasteiger partial charge on any atom is 0.270 e. The van der Waals surface area contributed by atoms with Crippen molar-refractivity contribution in [3.8, 4) is 0 Å². The topological polar surface area (TPSA) is 89.8 Å². The number of nitrogens with zero attached hydrogens (tertiary/aromatic N) is 2. The van der Waals surface area contributed by atoms with Gasteiger partial charge in [-0.05, 0) is 13.0 Å². The molecule has 112 valence electrons. The van der Waals surface area contributed by atoms with Crippen LogP contribution in [0.5, 0.6) is 0 Å². The van der Waals surface area contributed by atoms with Gasteiger partial charge in [-0.3, -0.25) is 10.1 Å². The van der Waals surface area contributed by atoms with E-state index in [1.54, 1.807) is 6.92 Å². The van der Waals surface area contributed by atoms with Crippen LogP contribution >= 0.6 is 11.6 Å². The molecule has 0 heterocycles. The highest BCUT2D eigenvalue weighted by Crippen LogP contribution is 2.28. The molecule has 0 aliphatic carbocycles. The Morgan fingerprint density at radius 1 is 1.45 bits per heavy atom. The fraction of sp³-hybridized carbons (Fsp3) is 0.455. The van der Waals surface area contributed by atoms with Gasteiger partial charge in [-0.1, -0.05) is 11.6 Å². The maximum absolute atomic E-state index is 12.3. The van der Waals surface area contributed by atoms with E-state index in [1.165, 1.54) is 13.1 Å². The predicted octanol–water partition coefficient (Wildman–Crippen LogP) is 1.91. The van der Waals surface area contributed by atoms with E-state index in [0.717, 1.165) is 16.4 Å². The zero-order valence-corrected chi connectivity index (χ0v) is 12.6. The minimum atomic E-state index is -3.89. The quantitative estimate of drug-likeness (QED) is 0.434. The Hall–Kier alpha value is -1.22. The summed E-state index contributed by atoms with van der Waals surface area (Å²) in [6, 6.07) is 3.30. The molecule has 0 aliphatic heterocycles. The number of hydrogen-bond acceptors (Lipinski definition) is 5. The van der Waals surface area contributed by atoms with Gasteiger partial charge in [0.1, 0.15) is 4.90 Å². The van der Waals surface area contributed by atoms with E-state index >= 15 is 0 Å². The van der Waals surface area contributed by atoms with Crippen LogP contribution in [0.3, 0.4) is 0 Å². The molecule has 0 amide bonds. The van der Waals surface area contributed by atoms with Gasteiger partial charge in [-0.15, -0.1) is 0 Å². The normalized spacial score (nSPS) is 11.8. The number of non-ortho nitro benzene ring substituents is 1. The summed E-state index contributed by atoms with van der Waals surface area (Å²) >= 11 is 5.83. The van der Waals surface area contributed by atoms with Gasteiger partial charge in [0.2, 0.25) is 10.0 Å². The minimum Gasteiger partial charge on any atom is -0.380 e. The molecule has 0 spiro atoms. The number of likely N-dealkylation sites (N-methyl/N-ethyl adjacent to an activating group) is 1. The van der Waals surface area contributed by atoms with Crippen LogP contribution in [0.15, 0.2) is 23.1 Å². The second-order valence-corrected chi connectivity index (χ2v) is 6.32. The zero-order valence-electron chi connectivity index (χ0n) is 11.1. The molecule has 7 nitrogen and oxygen atoms in total. The molecule has 0 radical (unpaired) electrons. The van der Waals surface area contributed by atoms with Gasteiger partial charge in [0.25, 0.3) is 5.69 Å². The van der Waals surface area contributed by atoms with Crippen molar-refractivity contribution in [2.75, 3.05) is 26.8 Å². The van der Waals surface area contributed by atoms with E-state index in [4.69, 9.17) is 16.3 Å². The molecule has 0 unspecified atom stereocenters. The molecule has 0 saturated carbocycles. The Labute approximate surface area is 122 Å². The molecule has 0 fully saturated rings. The van der Waals surface area contributed by atoms with Crippen molar-refractivity contribution in [1.82, 2.24) is 4.31 Å². The largest absolute Gasteiger partial charge is 0.380 e. The lowest BCUT2D eigenvalue weighted by Gasteiger charge is -2.17. The summed E-state index contributed by atoms with van der Waals surface area (Å²) in [5.74, 6) is 0. The van der Waals surface area contributed by atoms with Crippen molar-refractivity contribution in [2.24, 2.45) is 0 Å². The van der Waals surface area contributed by atoms with Crippen molar-refractivity contribution >= 4 is 27.3 Å². The van der Waals surface area contributed by atoms with Crippen LogP contribution in [0.2, 0.25) is 5.02 Å². The highest BCUT2D eigenvalue weighted by Gasteiger charge is 2.25. The molecule has 0 N–H and O–H groups in total. The number of hydrogen-bond donors (Lipinski definition) is 0. The highest BCUT2D eigenvalue weighted by molar-refractivity contribution is 7.89. The summed E-state index contributed by atoms with van der Waals surface area (Å²) in [5, 5.41) is 10.6. The molecule has 9 heteroatoms. The van der Waals surface area contributed by atoms with E-state index < -0.39 is 14.9 Å². The van der Waals surface area contributed by atoms with Gasteiger partial charge in [-0.2, -0.15) is 4.31 Å². The van der Waals surface area contributed by atoms with Crippen LogP contribution in [0.25, 0.3) is 0 Å². The van der Waals surface area contributed by atoms with Crippen molar-refractivity contribution < 1.29 is 18.1 Å². The van der Waals surface area contributed by atoms with Gasteiger partial charge in [0.15, 0.2) is 0 Å². The summed E-state index contributed by atoms with van der Waals surface area (Å²) in [6.45, 7) is 2.64. The Bertz CT molecular complexity index is 590. The lowest BCUT2D eigenvalue weighted by Crippen LogP contribution is -2.30. The average Bonchev–Trinajstić information content (AvgIpc) is 2.38. The van der Waals surface area contributed by atoms with Crippen LogP contribution in [0, 0.1) is 10.1 Å². The summed E-state index contributed by atoms with van der Waals surface area (Å²) in [6.07, 6.45) is 0. The third-order valence-corrected chi connectivity index (χ3v) is 4.91. The molecule has 0 saturated heterocycles. The third-order valence-electron chi connectivity index (χ3n) is 2.57. The summed E-state index contributed by atoms with van der Waals surface area (Å²) in [5.41, 5.74) is -0.328. The standard InChI is InChI=1S/C11H15ClN2O5S/c1-3-19-7-6-13(2)20(17,18)11-8-9(14(15)16)4-5-10(11)12/h4-5,8H,3,6-7H2,1-2H3. The number of nitro groups is 1. The minimum absolute atomic E-state index is 0.0566. The van der Waals surface area contributed by atoms with E-state index in [1.807, 2.05) is 0 Å². The molecule has 0 bridgehead atoms. The number of sulfonamides is 1. The average molecular weight is 323 g/mol.